The predicted octanol–water partition coefficient (Wildman–Crippen LogP) is 4.71. The van der Waals surface area contributed by atoms with Crippen LogP contribution in [0.25, 0.3) is 0 Å². The fourth-order valence-corrected chi connectivity index (χ4v) is 4.75. The normalized spacial score (nSPS) is 11.9. The van der Waals surface area contributed by atoms with Gasteiger partial charge >= 0.3 is 5.97 Å². The molecule has 0 heterocycles. The van der Waals surface area contributed by atoms with Crippen LogP contribution in [0.3, 0.4) is 0 Å². The van der Waals surface area contributed by atoms with Crippen LogP contribution >= 0.6 is 24.0 Å². The zero-order chi connectivity index (χ0) is 24.6. The highest BCUT2D eigenvalue weighted by molar-refractivity contribution is 7.91. The molecule has 0 saturated carbocycles. The minimum atomic E-state index is -3.75. The molecule has 0 aliphatic heterocycles. The molecule has 1 atom stereocenters. The molecule has 10 heteroatoms. The van der Waals surface area contributed by atoms with Gasteiger partial charge < -0.3 is 10.4 Å². The average molecular weight is 540 g/mol. The van der Waals surface area contributed by atoms with Crippen molar-refractivity contribution in [2.45, 2.75) is 35.7 Å². The van der Waals surface area contributed by atoms with Crippen molar-refractivity contribution in [1.82, 2.24) is 5.32 Å². The Labute approximate surface area is 216 Å². The van der Waals surface area contributed by atoms with Crippen molar-refractivity contribution in [3.8, 4) is 5.75 Å². The number of nitrogens with one attached hydrogen (secondary N) is 1. The molecule has 0 saturated heterocycles. The van der Waals surface area contributed by atoms with Crippen LogP contribution in [0, 0.1) is 0 Å². The third-order valence-corrected chi connectivity index (χ3v) is 7.00. The van der Waals surface area contributed by atoms with E-state index in [4.69, 9.17) is 16.5 Å². The van der Waals surface area contributed by atoms with Gasteiger partial charge in [-0.2, -0.15) is 0 Å². The smallest absolute Gasteiger partial charge is 0.352 e. The number of carbonyl (C=O) groups excluding carboxylic acids is 1. The van der Waals surface area contributed by atoms with Gasteiger partial charge in [-0.3, -0.25) is 9.78 Å². The predicted molar refractivity (Wildman–Crippen MR) is 136 cm³/mol. The van der Waals surface area contributed by atoms with Crippen molar-refractivity contribution in [3.05, 3.63) is 88.9 Å². The Bertz CT molecular complexity index is 1220. The molecule has 3 aromatic rings. The number of carbonyl (C=O) groups is 1. The quantitative estimate of drug-likeness (QED) is 0.206. The minimum Gasteiger partial charge on any atom is -0.387 e. The van der Waals surface area contributed by atoms with Gasteiger partial charge in [-0.1, -0.05) is 41.9 Å². The number of sulfone groups is 1. The third kappa shape index (κ3) is 8.52. The van der Waals surface area contributed by atoms with Gasteiger partial charge in [-0.15, -0.1) is 12.4 Å². The highest BCUT2D eigenvalue weighted by Gasteiger charge is 2.18. The molecule has 2 N–H and O–H groups in total. The van der Waals surface area contributed by atoms with E-state index < -0.39 is 21.9 Å². The number of rotatable bonds is 11. The number of halogens is 2. The number of aryl methyl sites for hydroxylation is 1. The summed E-state index contributed by atoms with van der Waals surface area (Å²) >= 11 is 5.95. The van der Waals surface area contributed by atoms with Crippen LogP contribution < -0.4 is 10.2 Å². The molecule has 7 nitrogen and oxygen atoms in total. The maximum absolute atomic E-state index is 12.9. The first kappa shape index (κ1) is 28.6. The Morgan fingerprint density at radius 1 is 1.03 bits per heavy atom. The first-order valence-corrected chi connectivity index (χ1v) is 12.6. The summed E-state index contributed by atoms with van der Waals surface area (Å²) < 4.78 is 25.9. The van der Waals surface area contributed by atoms with Gasteiger partial charge in [0.05, 0.1) is 15.9 Å². The molecule has 35 heavy (non-hydrogen) atoms. The lowest BCUT2D eigenvalue weighted by molar-refractivity contribution is -0.210. The van der Waals surface area contributed by atoms with Gasteiger partial charge in [0.2, 0.25) is 9.84 Å². The second kappa shape index (κ2) is 13.5. The highest BCUT2D eigenvalue weighted by atomic mass is 35.5. The van der Waals surface area contributed by atoms with Crippen molar-refractivity contribution >= 4 is 39.8 Å². The van der Waals surface area contributed by atoms with Gasteiger partial charge in [0, 0.05) is 24.6 Å². The molecule has 0 unspecified atom stereocenters. The molecule has 0 fully saturated rings. The van der Waals surface area contributed by atoms with E-state index in [1.807, 2.05) is 6.07 Å². The Kier molecular flexibility index (Phi) is 11.0. The van der Waals surface area contributed by atoms with Crippen LogP contribution in [0.1, 0.15) is 30.6 Å². The lowest BCUT2D eigenvalue weighted by Crippen LogP contribution is -2.22. The highest BCUT2D eigenvalue weighted by Crippen LogP contribution is 2.25. The number of benzene rings is 3. The molecule has 0 radical (unpaired) electrons. The van der Waals surface area contributed by atoms with Crippen molar-refractivity contribution in [2.24, 2.45) is 0 Å². The average Bonchev–Trinajstić information content (AvgIpc) is 2.83. The number of aliphatic hydroxyl groups is 1. The lowest BCUT2D eigenvalue weighted by Gasteiger charge is -2.12. The SMILES string of the molecule is CC(=O)OOc1cccc(S(=O)(=O)c2ccc(CCCNC[C@H](O)c3cccc(Cl)c3)cc2)c1.Cl. The van der Waals surface area contributed by atoms with Crippen LogP contribution in [0.2, 0.25) is 5.02 Å². The van der Waals surface area contributed by atoms with Gasteiger partial charge in [-0.05, 0) is 66.9 Å². The monoisotopic (exact) mass is 539 g/mol. The second-order valence-corrected chi connectivity index (χ2v) is 10.0. The van der Waals surface area contributed by atoms with E-state index in [1.54, 1.807) is 42.5 Å². The Balaban J connectivity index is 0.00000432. The molecule has 0 amide bonds. The lowest BCUT2D eigenvalue weighted by atomic mass is 10.1. The third-order valence-electron chi connectivity index (χ3n) is 4.99. The van der Waals surface area contributed by atoms with Crippen LogP contribution in [0.5, 0.6) is 5.75 Å². The summed E-state index contributed by atoms with van der Waals surface area (Å²) in [5.74, 6) is -0.530. The van der Waals surface area contributed by atoms with Crippen LogP contribution in [-0.2, 0) is 25.9 Å². The Morgan fingerprint density at radius 2 is 1.74 bits per heavy atom. The number of hydrogen-bond acceptors (Lipinski definition) is 7. The van der Waals surface area contributed by atoms with E-state index in [-0.39, 0.29) is 27.9 Å². The summed E-state index contributed by atoms with van der Waals surface area (Å²) in [5.41, 5.74) is 1.77. The van der Waals surface area contributed by atoms with Crippen LogP contribution in [-0.4, -0.2) is 32.6 Å². The molecule has 0 bridgehead atoms. The van der Waals surface area contributed by atoms with Crippen LogP contribution in [0.4, 0.5) is 0 Å². The van der Waals surface area contributed by atoms with Crippen molar-refractivity contribution in [1.29, 1.82) is 0 Å². The fraction of sp³-hybridized carbons (Fsp3) is 0.240. The zero-order valence-electron chi connectivity index (χ0n) is 19.0. The van der Waals surface area contributed by atoms with Gasteiger partial charge in [0.15, 0.2) is 5.75 Å². The van der Waals surface area contributed by atoms with Gasteiger partial charge in [0.25, 0.3) is 0 Å². The van der Waals surface area contributed by atoms with Crippen molar-refractivity contribution in [3.63, 3.8) is 0 Å². The fourth-order valence-electron chi connectivity index (χ4n) is 3.26. The van der Waals surface area contributed by atoms with Gasteiger partial charge in [-0.25, -0.2) is 13.2 Å². The van der Waals surface area contributed by atoms with Crippen LogP contribution in [0.15, 0.2) is 82.6 Å². The molecular formula is C25H27Cl2NO6S. The molecule has 3 aromatic carbocycles. The zero-order valence-corrected chi connectivity index (χ0v) is 21.4. The maximum atomic E-state index is 12.9. The van der Waals surface area contributed by atoms with E-state index >= 15 is 0 Å². The first-order chi connectivity index (χ1) is 16.3. The standard InChI is InChI=1S/C25H26ClNO6S.ClH/c1-18(28)32-33-22-8-3-9-24(16-22)34(30,31)23-12-10-19(11-13-23)5-4-14-27-17-25(29)20-6-2-7-21(26)15-20;/h2-3,6-13,15-16,25,27,29H,4-5,14,17H2,1H3;1H/t25-;/m0./s1. The van der Waals surface area contributed by atoms with E-state index in [1.165, 1.54) is 31.2 Å². The summed E-state index contributed by atoms with van der Waals surface area (Å²) in [5, 5.41) is 14.0. The van der Waals surface area contributed by atoms with Crippen molar-refractivity contribution in [2.75, 3.05) is 13.1 Å². The summed E-state index contributed by atoms with van der Waals surface area (Å²) in [7, 11) is -3.75. The van der Waals surface area contributed by atoms with E-state index in [9.17, 15) is 18.3 Å². The molecule has 3 rings (SSSR count). The summed E-state index contributed by atoms with van der Waals surface area (Å²) in [6, 6.07) is 19.6. The number of aliphatic hydroxyl groups excluding tert-OH is 1. The summed E-state index contributed by atoms with van der Waals surface area (Å²) in [6.07, 6.45) is 0.942. The molecule has 0 aromatic heterocycles. The molecule has 0 aliphatic carbocycles. The van der Waals surface area contributed by atoms with E-state index in [0.29, 0.717) is 18.1 Å². The molecule has 188 valence electrons. The largest absolute Gasteiger partial charge is 0.387 e. The van der Waals surface area contributed by atoms with E-state index in [0.717, 1.165) is 24.0 Å². The van der Waals surface area contributed by atoms with Gasteiger partial charge in [0.1, 0.15) is 0 Å². The summed E-state index contributed by atoms with van der Waals surface area (Å²) in [6.45, 7) is 2.30. The Morgan fingerprint density at radius 3 is 2.43 bits per heavy atom. The summed E-state index contributed by atoms with van der Waals surface area (Å²) in [4.78, 5) is 20.3. The second-order valence-electron chi connectivity index (χ2n) is 7.66. The minimum absolute atomic E-state index is 0. The molecular weight excluding hydrogens is 513 g/mol. The van der Waals surface area contributed by atoms with Crippen molar-refractivity contribution < 1.29 is 28.1 Å². The first-order valence-electron chi connectivity index (χ1n) is 10.7. The van der Waals surface area contributed by atoms with E-state index in [2.05, 4.69) is 10.2 Å². The molecule has 0 aliphatic rings. The topological polar surface area (TPSA) is 102 Å². The maximum Gasteiger partial charge on any atom is 0.352 e. The molecule has 0 spiro atoms. The Hall–Kier alpha value is -2.62. The number of hydrogen-bond donors (Lipinski definition) is 2.